The van der Waals surface area contributed by atoms with Crippen LogP contribution in [0.5, 0.6) is 11.5 Å². The van der Waals surface area contributed by atoms with Gasteiger partial charge < -0.3 is 10.2 Å². The first-order chi connectivity index (χ1) is 26.6. The van der Waals surface area contributed by atoms with Crippen molar-refractivity contribution in [1.29, 1.82) is 0 Å². The summed E-state index contributed by atoms with van der Waals surface area (Å²) in [5, 5.41) is 24.1. The van der Waals surface area contributed by atoms with Crippen LogP contribution in [0.4, 0.5) is 0 Å². The normalized spacial score (nSPS) is 12.4. The molecule has 0 unspecified atom stereocenters. The number of hydrogen-bond donors (Lipinski definition) is 2. The maximum absolute atomic E-state index is 12.0. The second-order valence-electron chi connectivity index (χ2n) is 17.4. The maximum atomic E-state index is 12.0. The molecule has 0 atom stereocenters. The predicted octanol–water partition coefficient (Wildman–Crippen LogP) is 13.7. The highest BCUT2D eigenvalue weighted by atomic mass is 16.3. The molecular weight excluding hydrogens is 681 g/mol. The van der Waals surface area contributed by atoms with Gasteiger partial charge in [0.05, 0.1) is 0 Å². The van der Waals surface area contributed by atoms with Gasteiger partial charge in [0.1, 0.15) is 11.5 Å². The molecule has 0 spiro atoms. The molecule has 0 heterocycles. The molecule has 7 aromatic carbocycles. The van der Waals surface area contributed by atoms with Gasteiger partial charge in [-0.2, -0.15) is 0 Å². The van der Waals surface area contributed by atoms with Crippen molar-refractivity contribution in [2.45, 2.75) is 77.0 Å². The van der Waals surface area contributed by atoms with Crippen molar-refractivity contribution in [2.75, 3.05) is 0 Å². The van der Waals surface area contributed by atoms with Gasteiger partial charge in [-0.05, 0) is 56.6 Å². The third kappa shape index (κ3) is 6.94. The van der Waals surface area contributed by atoms with E-state index < -0.39 is 21.7 Å². The van der Waals surface area contributed by atoms with E-state index in [2.05, 4.69) is 177 Å². The molecule has 2 heteroatoms. The molecule has 0 aliphatic rings. The van der Waals surface area contributed by atoms with Gasteiger partial charge in [-0.3, -0.25) is 0 Å². The zero-order valence-corrected chi connectivity index (χ0v) is 34.1. The topological polar surface area (TPSA) is 40.5 Å². The molecule has 0 fully saturated rings. The number of aromatic hydroxyl groups is 2. The molecular formula is C54H54O2. The highest BCUT2D eigenvalue weighted by Crippen LogP contribution is 2.48. The van der Waals surface area contributed by atoms with Crippen molar-refractivity contribution in [3.05, 3.63) is 214 Å². The van der Waals surface area contributed by atoms with Crippen LogP contribution in [-0.4, -0.2) is 10.2 Å². The predicted molar refractivity (Wildman–Crippen MR) is 235 cm³/mol. The van der Waals surface area contributed by atoms with E-state index in [1.54, 1.807) is 0 Å². The van der Waals surface area contributed by atoms with Gasteiger partial charge in [-0.1, -0.05) is 213 Å². The molecule has 0 saturated carbocycles. The Kier molecular flexibility index (Phi) is 10.1. The van der Waals surface area contributed by atoms with Crippen LogP contribution in [0.3, 0.4) is 0 Å². The third-order valence-corrected chi connectivity index (χ3v) is 12.5. The smallest absolute Gasteiger partial charge is 0.127 e. The average Bonchev–Trinajstić information content (AvgIpc) is 3.22. The molecule has 0 saturated heterocycles. The van der Waals surface area contributed by atoms with Crippen LogP contribution < -0.4 is 0 Å². The quantitative estimate of drug-likeness (QED) is 0.147. The minimum absolute atomic E-state index is 0.315. The lowest BCUT2D eigenvalue weighted by molar-refractivity contribution is 0.453. The standard InChI is InChI=1S/C54H54O2/c1-51(2,43-33-45(37-22-13-9-14-23-37)49(55)47(35-43)53(5,6)39-26-17-11-18-27-39)41-30-21-31-42(32-41)52(3,4)44-34-46(38-24-15-10-16-25-38)50(56)48(36-44)54(7,8)40-28-19-12-20-29-40/h9-36,55-56H,1-8H3. The van der Waals surface area contributed by atoms with E-state index in [4.69, 9.17) is 0 Å². The molecule has 56 heavy (non-hydrogen) atoms. The summed E-state index contributed by atoms with van der Waals surface area (Å²) in [6.07, 6.45) is 0. The van der Waals surface area contributed by atoms with Crippen molar-refractivity contribution >= 4 is 0 Å². The Morgan fingerprint density at radius 1 is 0.286 bits per heavy atom. The fraction of sp³-hybridized carbons (Fsp3) is 0.222. The van der Waals surface area contributed by atoms with Crippen LogP contribution in [0.15, 0.2) is 170 Å². The Morgan fingerprint density at radius 2 is 0.589 bits per heavy atom. The van der Waals surface area contributed by atoms with Crippen molar-refractivity contribution in [1.82, 2.24) is 0 Å². The molecule has 7 aromatic rings. The van der Waals surface area contributed by atoms with Crippen LogP contribution in [0, 0.1) is 0 Å². The van der Waals surface area contributed by atoms with E-state index in [0.717, 1.165) is 55.6 Å². The molecule has 0 bridgehead atoms. The van der Waals surface area contributed by atoms with E-state index in [1.165, 1.54) is 11.1 Å². The highest BCUT2D eigenvalue weighted by molar-refractivity contribution is 5.76. The number of phenolic OH excluding ortho intramolecular Hbond substituents is 2. The number of hydrogen-bond acceptors (Lipinski definition) is 2. The van der Waals surface area contributed by atoms with Crippen LogP contribution >= 0.6 is 0 Å². The Bertz CT molecular complexity index is 2290. The summed E-state index contributed by atoms with van der Waals surface area (Å²) in [6, 6.07) is 59.1. The first kappa shape index (κ1) is 38.4. The summed E-state index contributed by atoms with van der Waals surface area (Å²) in [5.74, 6) is 0.630. The van der Waals surface area contributed by atoms with Gasteiger partial charge in [0, 0.05) is 43.9 Å². The van der Waals surface area contributed by atoms with E-state index in [-0.39, 0.29) is 0 Å². The Morgan fingerprint density at radius 3 is 0.929 bits per heavy atom. The molecule has 0 aliphatic carbocycles. The van der Waals surface area contributed by atoms with Crippen molar-refractivity contribution < 1.29 is 10.2 Å². The van der Waals surface area contributed by atoms with Gasteiger partial charge >= 0.3 is 0 Å². The van der Waals surface area contributed by atoms with E-state index in [0.29, 0.717) is 11.5 Å². The monoisotopic (exact) mass is 734 g/mol. The molecule has 7 rings (SSSR count). The molecule has 2 nitrogen and oxygen atoms in total. The van der Waals surface area contributed by atoms with E-state index in [9.17, 15) is 10.2 Å². The first-order valence-corrected chi connectivity index (χ1v) is 19.7. The lowest BCUT2D eigenvalue weighted by Gasteiger charge is -2.35. The van der Waals surface area contributed by atoms with Crippen LogP contribution in [0.2, 0.25) is 0 Å². The minimum atomic E-state index is -0.453. The molecule has 0 aromatic heterocycles. The zero-order valence-electron chi connectivity index (χ0n) is 34.1. The third-order valence-electron chi connectivity index (χ3n) is 12.5. The number of phenols is 2. The second kappa shape index (κ2) is 14.7. The summed E-state index contributed by atoms with van der Waals surface area (Å²) in [5.41, 5.74) is 10.6. The van der Waals surface area contributed by atoms with Gasteiger partial charge in [0.15, 0.2) is 0 Å². The van der Waals surface area contributed by atoms with Crippen molar-refractivity contribution in [3.63, 3.8) is 0 Å². The second-order valence-corrected chi connectivity index (χ2v) is 17.4. The zero-order chi connectivity index (χ0) is 39.9. The fourth-order valence-corrected chi connectivity index (χ4v) is 8.27. The lowest BCUT2D eigenvalue weighted by Crippen LogP contribution is -2.25. The summed E-state index contributed by atoms with van der Waals surface area (Å²) in [7, 11) is 0. The Balaban J connectivity index is 1.38. The minimum Gasteiger partial charge on any atom is -0.507 e. The SMILES string of the molecule is CC(C)(c1cccc(C(C)(C)c2cc(-c3ccccc3)c(O)c(C(C)(C)c3ccccc3)c2)c1)c1cc(-c2ccccc2)c(O)c(C(C)(C)c2ccccc2)c1. The largest absolute Gasteiger partial charge is 0.507 e. The van der Waals surface area contributed by atoms with Gasteiger partial charge in [0.25, 0.3) is 0 Å². The molecule has 282 valence electrons. The average molecular weight is 735 g/mol. The van der Waals surface area contributed by atoms with Gasteiger partial charge in [-0.25, -0.2) is 0 Å². The lowest BCUT2D eigenvalue weighted by atomic mass is 9.69. The molecule has 2 N–H and O–H groups in total. The summed E-state index contributed by atoms with van der Waals surface area (Å²) in [4.78, 5) is 0. The van der Waals surface area contributed by atoms with Crippen LogP contribution in [-0.2, 0) is 21.7 Å². The van der Waals surface area contributed by atoms with Crippen LogP contribution in [0.1, 0.15) is 99.9 Å². The summed E-state index contributed by atoms with van der Waals surface area (Å²) < 4.78 is 0. The molecule has 0 radical (unpaired) electrons. The summed E-state index contributed by atoms with van der Waals surface area (Å²) in [6.45, 7) is 17.9. The van der Waals surface area contributed by atoms with Crippen molar-refractivity contribution in [2.24, 2.45) is 0 Å². The number of benzene rings is 7. The van der Waals surface area contributed by atoms with Gasteiger partial charge in [0.2, 0.25) is 0 Å². The number of rotatable bonds is 10. The fourth-order valence-electron chi connectivity index (χ4n) is 8.27. The Labute approximate surface area is 334 Å². The van der Waals surface area contributed by atoms with E-state index >= 15 is 0 Å². The summed E-state index contributed by atoms with van der Waals surface area (Å²) >= 11 is 0. The van der Waals surface area contributed by atoms with Gasteiger partial charge in [-0.15, -0.1) is 0 Å². The maximum Gasteiger partial charge on any atom is 0.127 e. The Hall–Kier alpha value is -5.86. The van der Waals surface area contributed by atoms with Crippen LogP contribution in [0.25, 0.3) is 22.3 Å². The first-order valence-electron chi connectivity index (χ1n) is 19.7. The molecule has 0 aliphatic heterocycles. The molecule has 0 amide bonds. The van der Waals surface area contributed by atoms with Crippen molar-refractivity contribution in [3.8, 4) is 33.8 Å². The highest BCUT2D eigenvalue weighted by Gasteiger charge is 2.35. The van der Waals surface area contributed by atoms with E-state index in [1.807, 2.05) is 48.5 Å².